The summed E-state index contributed by atoms with van der Waals surface area (Å²) in [6.45, 7) is 0.0374. The van der Waals surface area contributed by atoms with E-state index in [4.69, 9.17) is 5.73 Å². The van der Waals surface area contributed by atoms with E-state index in [0.29, 0.717) is 12.0 Å². The Kier molecular flexibility index (Phi) is 6.35. The van der Waals surface area contributed by atoms with Crippen molar-refractivity contribution in [3.8, 4) is 0 Å². The molecule has 0 saturated carbocycles. The monoisotopic (exact) mass is 306 g/mol. The van der Waals surface area contributed by atoms with Gasteiger partial charge in [-0.1, -0.05) is 12.1 Å². The predicted octanol–water partition coefficient (Wildman–Crippen LogP) is 2.40. The Labute approximate surface area is 120 Å². The van der Waals surface area contributed by atoms with Gasteiger partial charge in [0.15, 0.2) is 0 Å². The molecule has 1 amide bonds. The van der Waals surface area contributed by atoms with E-state index in [1.807, 2.05) is 6.26 Å². The van der Waals surface area contributed by atoms with Crippen molar-refractivity contribution in [1.82, 2.24) is 5.32 Å². The van der Waals surface area contributed by atoms with Crippen molar-refractivity contribution in [3.63, 3.8) is 0 Å². The van der Waals surface area contributed by atoms with Gasteiger partial charge in [0.25, 0.3) is 0 Å². The maximum absolute atomic E-state index is 12.5. The molecule has 0 radical (unpaired) electrons. The maximum atomic E-state index is 12.5. The minimum absolute atomic E-state index is 0.0374. The van der Waals surface area contributed by atoms with E-state index in [0.717, 1.165) is 17.9 Å². The third kappa shape index (κ3) is 5.42. The average molecular weight is 306 g/mol. The summed E-state index contributed by atoms with van der Waals surface area (Å²) in [4.78, 5) is 11.6. The molecule has 20 heavy (non-hydrogen) atoms. The molecule has 0 unspecified atom stereocenters. The molecule has 1 atom stereocenters. The van der Waals surface area contributed by atoms with Crippen molar-refractivity contribution < 1.29 is 18.0 Å². The molecule has 0 aliphatic carbocycles. The molecule has 0 heterocycles. The Morgan fingerprint density at radius 2 is 2.15 bits per heavy atom. The van der Waals surface area contributed by atoms with Gasteiger partial charge >= 0.3 is 6.18 Å². The molecule has 3 nitrogen and oxygen atoms in total. The quantitative estimate of drug-likeness (QED) is 0.848. The zero-order chi connectivity index (χ0) is 15.2. The second kappa shape index (κ2) is 7.54. The molecule has 112 valence electrons. The Balaban J connectivity index is 2.55. The number of halogens is 3. The molecule has 1 aromatic carbocycles. The van der Waals surface area contributed by atoms with Crippen LogP contribution in [0.25, 0.3) is 0 Å². The number of carbonyl (C=O) groups is 1. The highest BCUT2D eigenvalue weighted by molar-refractivity contribution is 7.98. The number of carbonyl (C=O) groups excluding carboxylic acids is 1. The molecule has 1 aromatic rings. The minimum atomic E-state index is -4.38. The van der Waals surface area contributed by atoms with Gasteiger partial charge in [0.05, 0.1) is 11.6 Å². The number of hydrogen-bond donors (Lipinski definition) is 2. The second-order valence-electron chi connectivity index (χ2n) is 4.30. The number of rotatable bonds is 6. The van der Waals surface area contributed by atoms with E-state index in [1.165, 1.54) is 12.1 Å². The Morgan fingerprint density at radius 3 is 2.75 bits per heavy atom. The molecular formula is C13H17F3N2OS. The minimum Gasteiger partial charge on any atom is -0.351 e. The predicted molar refractivity (Wildman–Crippen MR) is 74.3 cm³/mol. The number of hydrogen-bond acceptors (Lipinski definition) is 3. The van der Waals surface area contributed by atoms with Crippen molar-refractivity contribution in [3.05, 3.63) is 35.4 Å². The van der Waals surface area contributed by atoms with Crippen LogP contribution < -0.4 is 11.1 Å². The third-order valence-corrected chi connectivity index (χ3v) is 3.33. The number of benzene rings is 1. The number of alkyl halides is 3. The largest absolute Gasteiger partial charge is 0.416 e. The van der Waals surface area contributed by atoms with Gasteiger partial charge in [0.1, 0.15) is 0 Å². The van der Waals surface area contributed by atoms with Crippen LogP contribution in [0.5, 0.6) is 0 Å². The summed E-state index contributed by atoms with van der Waals surface area (Å²) in [5.74, 6) is 0.412. The topological polar surface area (TPSA) is 55.1 Å². The van der Waals surface area contributed by atoms with Crippen LogP contribution in [0, 0.1) is 0 Å². The van der Waals surface area contributed by atoms with Gasteiger partial charge in [0.2, 0.25) is 5.91 Å². The summed E-state index contributed by atoms with van der Waals surface area (Å²) >= 11 is 1.58. The highest BCUT2D eigenvalue weighted by Gasteiger charge is 2.30. The van der Waals surface area contributed by atoms with Crippen LogP contribution >= 0.6 is 11.8 Å². The van der Waals surface area contributed by atoms with Crippen LogP contribution in [0.1, 0.15) is 17.5 Å². The smallest absolute Gasteiger partial charge is 0.351 e. The zero-order valence-electron chi connectivity index (χ0n) is 11.0. The normalized spacial score (nSPS) is 13.1. The Bertz CT molecular complexity index is 451. The molecule has 3 N–H and O–H groups in total. The first-order valence-corrected chi connectivity index (χ1v) is 7.42. The third-order valence-electron chi connectivity index (χ3n) is 2.69. The number of nitrogens with two attached hydrogens (primary N) is 1. The van der Waals surface area contributed by atoms with Crippen molar-refractivity contribution in [1.29, 1.82) is 0 Å². The van der Waals surface area contributed by atoms with Crippen LogP contribution in [0.3, 0.4) is 0 Å². The van der Waals surface area contributed by atoms with Crippen molar-refractivity contribution in [2.24, 2.45) is 5.73 Å². The second-order valence-corrected chi connectivity index (χ2v) is 5.29. The van der Waals surface area contributed by atoms with Gasteiger partial charge in [-0.15, -0.1) is 0 Å². The molecule has 0 spiro atoms. The van der Waals surface area contributed by atoms with E-state index in [9.17, 15) is 18.0 Å². The van der Waals surface area contributed by atoms with Gasteiger partial charge in [0, 0.05) is 6.54 Å². The average Bonchev–Trinajstić information content (AvgIpc) is 2.41. The first-order chi connectivity index (χ1) is 9.34. The summed E-state index contributed by atoms with van der Waals surface area (Å²) in [6.07, 6.45) is -1.93. The molecule has 7 heteroatoms. The molecule has 0 saturated heterocycles. The number of nitrogens with one attached hydrogen (secondary N) is 1. The fourth-order valence-corrected chi connectivity index (χ4v) is 2.04. The van der Waals surface area contributed by atoms with Crippen LogP contribution in [0.2, 0.25) is 0 Å². The summed E-state index contributed by atoms with van der Waals surface area (Å²) in [7, 11) is 0. The molecule has 0 aliphatic heterocycles. The fraction of sp³-hybridized carbons (Fsp3) is 0.462. The maximum Gasteiger partial charge on any atom is 0.416 e. The van der Waals surface area contributed by atoms with Crippen molar-refractivity contribution in [2.45, 2.75) is 25.2 Å². The van der Waals surface area contributed by atoms with E-state index < -0.39 is 17.8 Å². The first-order valence-electron chi connectivity index (χ1n) is 6.03. The standard InChI is InChI=1S/C13H17F3N2OS/c1-20-6-5-11(17)12(19)18-8-9-3-2-4-10(7-9)13(14,15)16/h2-4,7,11H,5-6,8,17H2,1H3,(H,18,19)/t11-/m1/s1. The van der Waals surface area contributed by atoms with Crippen molar-refractivity contribution in [2.75, 3.05) is 12.0 Å². The van der Waals surface area contributed by atoms with Gasteiger partial charge in [-0.25, -0.2) is 0 Å². The summed E-state index contributed by atoms with van der Waals surface area (Å²) in [5.41, 5.74) is 5.33. The molecule has 0 aromatic heterocycles. The summed E-state index contributed by atoms with van der Waals surface area (Å²) in [6, 6.07) is 4.23. The van der Waals surface area contributed by atoms with Gasteiger partial charge in [-0.3, -0.25) is 4.79 Å². The lowest BCUT2D eigenvalue weighted by molar-refractivity contribution is -0.137. The lowest BCUT2D eigenvalue weighted by atomic mass is 10.1. The van der Waals surface area contributed by atoms with Gasteiger partial charge in [-0.05, 0) is 36.1 Å². The number of amides is 1. The first kappa shape index (κ1) is 16.8. The fourth-order valence-electron chi connectivity index (χ4n) is 1.55. The Morgan fingerprint density at radius 1 is 1.45 bits per heavy atom. The highest BCUT2D eigenvalue weighted by Crippen LogP contribution is 2.29. The van der Waals surface area contributed by atoms with Gasteiger partial charge in [-0.2, -0.15) is 24.9 Å². The molecule has 0 fully saturated rings. The van der Waals surface area contributed by atoms with E-state index in [2.05, 4.69) is 5.32 Å². The molecule has 1 rings (SSSR count). The molecular weight excluding hydrogens is 289 g/mol. The SMILES string of the molecule is CSCC[C@@H](N)C(=O)NCc1cccc(C(F)(F)F)c1. The number of thioether (sulfide) groups is 1. The zero-order valence-corrected chi connectivity index (χ0v) is 11.9. The molecule has 0 bridgehead atoms. The van der Waals surface area contributed by atoms with Crippen LogP contribution in [-0.4, -0.2) is 24.0 Å². The van der Waals surface area contributed by atoms with Crippen molar-refractivity contribution >= 4 is 17.7 Å². The Hall–Kier alpha value is -1.21. The van der Waals surface area contributed by atoms with E-state index in [-0.39, 0.29) is 12.5 Å². The van der Waals surface area contributed by atoms with Crippen LogP contribution in [-0.2, 0) is 17.5 Å². The van der Waals surface area contributed by atoms with E-state index >= 15 is 0 Å². The lowest BCUT2D eigenvalue weighted by Gasteiger charge is -2.12. The summed E-state index contributed by atoms with van der Waals surface area (Å²) < 4.78 is 37.6. The van der Waals surface area contributed by atoms with Gasteiger partial charge < -0.3 is 11.1 Å². The summed E-state index contributed by atoms with van der Waals surface area (Å²) in [5, 5.41) is 2.55. The lowest BCUT2D eigenvalue weighted by Crippen LogP contribution is -2.40. The highest BCUT2D eigenvalue weighted by atomic mass is 32.2. The molecule has 0 aliphatic rings. The van der Waals surface area contributed by atoms with Crippen LogP contribution in [0.4, 0.5) is 13.2 Å². The van der Waals surface area contributed by atoms with E-state index in [1.54, 1.807) is 11.8 Å². The van der Waals surface area contributed by atoms with Crippen LogP contribution in [0.15, 0.2) is 24.3 Å².